The number of thiophene rings is 1. The molecule has 2 rings (SSSR count). The van der Waals surface area contributed by atoms with Crippen LogP contribution in [0.3, 0.4) is 0 Å². The first-order valence-corrected chi connectivity index (χ1v) is 8.23. The van der Waals surface area contributed by atoms with Crippen LogP contribution < -0.4 is 10.6 Å². The van der Waals surface area contributed by atoms with Gasteiger partial charge in [-0.15, -0.1) is 11.3 Å². The summed E-state index contributed by atoms with van der Waals surface area (Å²) in [5.74, 6) is -2.28. The zero-order valence-corrected chi connectivity index (χ0v) is 14.6. The lowest BCUT2D eigenvalue weighted by Crippen LogP contribution is -2.37. The molecule has 0 saturated carbocycles. The molecule has 0 aliphatic carbocycles. The van der Waals surface area contributed by atoms with Crippen LogP contribution in [-0.2, 0) is 14.3 Å². The van der Waals surface area contributed by atoms with E-state index in [2.05, 4.69) is 10.6 Å². The highest BCUT2D eigenvalue weighted by molar-refractivity contribution is 7.12. The van der Waals surface area contributed by atoms with Crippen molar-refractivity contribution in [3.8, 4) is 0 Å². The molecule has 8 heteroatoms. The lowest BCUT2D eigenvalue weighted by Gasteiger charge is -2.14. The summed E-state index contributed by atoms with van der Waals surface area (Å²) in [5.41, 5.74) is 0.235. The number of anilines is 1. The van der Waals surface area contributed by atoms with Gasteiger partial charge in [0.25, 0.3) is 0 Å². The highest BCUT2D eigenvalue weighted by atomic mass is 35.5. The van der Waals surface area contributed by atoms with Gasteiger partial charge in [-0.05, 0) is 37.3 Å². The molecule has 5 nitrogen and oxygen atoms in total. The number of nitrogens with one attached hydrogen (secondary N) is 2. The number of halogens is 2. The Morgan fingerprint density at radius 1 is 1.29 bits per heavy atom. The van der Waals surface area contributed by atoms with Crippen molar-refractivity contribution < 1.29 is 18.7 Å². The monoisotopic (exact) mass is 370 g/mol. The maximum absolute atomic E-state index is 13.1. The molecule has 0 saturated heterocycles. The molecule has 24 heavy (non-hydrogen) atoms. The molecule has 1 atom stereocenters. The molecular formula is C16H16ClFN2O3S. The van der Waals surface area contributed by atoms with E-state index in [1.54, 1.807) is 11.3 Å². The molecule has 0 radical (unpaired) electrons. The van der Waals surface area contributed by atoms with E-state index in [4.69, 9.17) is 16.3 Å². The number of methoxy groups -OCH3 is 1. The molecule has 1 aromatic carbocycles. The van der Waals surface area contributed by atoms with E-state index in [0.717, 1.165) is 15.8 Å². The summed E-state index contributed by atoms with van der Waals surface area (Å²) in [6, 6.07) is 7.53. The molecular weight excluding hydrogens is 355 g/mol. The van der Waals surface area contributed by atoms with Crippen LogP contribution >= 0.6 is 22.9 Å². The van der Waals surface area contributed by atoms with Crippen LogP contribution in [0.4, 0.5) is 10.1 Å². The highest BCUT2D eigenvalue weighted by Crippen LogP contribution is 2.24. The van der Waals surface area contributed by atoms with Gasteiger partial charge in [-0.1, -0.05) is 11.6 Å². The third-order valence-corrected chi connectivity index (χ3v) is 4.58. The molecule has 2 amide bonds. The number of carbonyl (C=O) groups excluding carboxylic acids is 2. The Morgan fingerprint density at radius 2 is 2.04 bits per heavy atom. The summed E-state index contributed by atoms with van der Waals surface area (Å²) in [7, 11) is 1.53. The summed E-state index contributed by atoms with van der Waals surface area (Å²) in [6.45, 7) is 2.13. The Labute approximate surface area is 147 Å². The number of carbonyl (C=O) groups is 2. The minimum absolute atomic E-state index is 0.138. The van der Waals surface area contributed by atoms with Crippen LogP contribution in [0.15, 0.2) is 30.3 Å². The van der Waals surface area contributed by atoms with Crippen LogP contribution in [0.5, 0.6) is 0 Å². The van der Waals surface area contributed by atoms with Gasteiger partial charge in [0.2, 0.25) is 0 Å². The second-order valence-corrected chi connectivity index (χ2v) is 6.69. The number of aryl methyl sites for hydroxylation is 1. The van der Waals surface area contributed by atoms with Crippen molar-refractivity contribution >= 4 is 40.4 Å². The minimum Gasteiger partial charge on any atom is -0.374 e. The van der Waals surface area contributed by atoms with Crippen LogP contribution in [0.25, 0.3) is 0 Å². The first kappa shape index (κ1) is 18.4. The third-order valence-electron chi connectivity index (χ3n) is 3.19. The van der Waals surface area contributed by atoms with Gasteiger partial charge in [0.1, 0.15) is 11.9 Å². The van der Waals surface area contributed by atoms with Crippen LogP contribution in [0.1, 0.15) is 15.9 Å². The van der Waals surface area contributed by atoms with E-state index in [0.29, 0.717) is 0 Å². The van der Waals surface area contributed by atoms with E-state index >= 15 is 0 Å². The Morgan fingerprint density at radius 3 is 2.62 bits per heavy atom. The van der Waals surface area contributed by atoms with Gasteiger partial charge in [-0.3, -0.25) is 9.59 Å². The standard InChI is InChI=1S/C16H16ClFN2O3S/c1-9-3-6-14(24-9)13(23-2)8-19-15(21)16(22)20-10-4-5-12(18)11(17)7-10/h3-7,13H,8H2,1-2H3,(H,19,21)(H,20,22)/t13-/m0/s1. The maximum atomic E-state index is 13.1. The van der Waals surface area contributed by atoms with E-state index < -0.39 is 17.6 Å². The lowest BCUT2D eigenvalue weighted by atomic mass is 10.2. The number of hydrogen-bond donors (Lipinski definition) is 2. The number of hydrogen-bond acceptors (Lipinski definition) is 4. The molecule has 2 aromatic rings. The van der Waals surface area contributed by atoms with Crippen LogP contribution in [-0.4, -0.2) is 25.5 Å². The molecule has 1 heterocycles. The summed E-state index contributed by atoms with van der Waals surface area (Å²) < 4.78 is 18.4. The molecule has 0 spiro atoms. The molecule has 0 aliphatic rings. The summed E-state index contributed by atoms with van der Waals surface area (Å²) in [4.78, 5) is 25.8. The molecule has 0 bridgehead atoms. The highest BCUT2D eigenvalue weighted by Gasteiger charge is 2.18. The van der Waals surface area contributed by atoms with Crippen molar-refractivity contribution in [2.75, 3.05) is 19.0 Å². The Balaban J connectivity index is 1.91. The first-order valence-electron chi connectivity index (χ1n) is 7.04. The Hall–Kier alpha value is -1.96. The number of ether oxygens (including phenoxy) is 1. The van der Waals surface area contributed by atoms with Crippen LogP contribution in [0, 0.1) is 12.7 Å². The summed E-state index contributed by atoms with van der Waals surface area (Å²) in [6.07, 6.45) is -0.333. The number of amides is 2. The Kier molecular flexibility index (Phi) is 6.30. The summed E-state index contributed by atoms with van der Waals surface area (Å²) in [5, 5.41) is 4.73. The molecule has 0 aliphatic heterocycles. The molecule has 2 N–H and O–H groups in total. The second-order valence-electron chi connectivity index (χ2n) is 4.97. The largest absolute Gasteiger partial charge is 0.374 e. The normalized spacial score (nSPS) is 11.8. The van der Waals surface area contributed by atoms with Crippen molar-refractivity contribution in [2.24, 2.45) is 0 Å². The molecule has 128 valence electrons. The molecule has 0 unspecified atom stereocenters. The predicted molar refractivity (Wildman–Crippen MR) is 91.9 cm³/mol. The smallest absolute Gasteiger partial charge is 0.313 e. The zero-order valence-electron chi connectivity index (χ0n) is 13.1. The summed E-state index contributed by atoms with van der Waals surface area (Å²) >= 11 is 7.18. The lowest BCUT2D eigenvalue weighted by molar-refractivity contribution is -0.136. The van der Waals surface area contributed by atoms with Gasteiger partial charge in [0.15, 0.2) is 0 Å². The van der Waals surface area contributed by atoms with Crippen molar-refractivity contribution in [1.82, 2.24) is 5.32 Å². The second kappa shape index (κ2) is 8.23. The van der Waals surface area contributed by atoms with Gasteiger partial charge in [0, 0.05) is 29.1 Å². The number of benzene rings is 1. The topological polar surface area (TPSA) is 67.4 Å². The zero-order chi connectivity index (χ0) is 17.7. The quantitative estimate of drug-likeness (QED) is 0.793. The van der Waals surface area contributed by atoms with Gasteiger partial charge >= 0.3 is 11.8 Å². The maximum Gasteiger partial charge on any atom is 0.313 e. The fraction of sp³-hybridized carbons (Fsp3) is 0.250. The average molecular weight is 371 g/mol. The third kappa shape index (κ3) is 4.77. The van der Waals surface area contributed by atoms with Crippen molar-refractivity contribution in [3.05, 3.63) is 50.9 Å². The fourth-order valence-corrected chi connectivity index (χ4v) is 3.09. The molecule has 0 fully saturated rings. The van der Waals surface area contributed by atoms with Crippen molar-refractivity contribution in [1.29, 1.82) is 0 Å². The molecule has 1 aromatic heterocycles. The Bertz CT molecular complexity index is 751. The van der Waals surface area contributed by atoms with Gasteiger partial charge in [-0.2, -0.15) is 0 Å². The van der Waals surface area contributed by atoms with Gasteiger partial charge in [0.05, 0.1) is 5.02 Å². The average Bonchev–Trinajstić information content (AvgIpc) is 2.97. The first-order chi connectivity index (χ1) is 11.4. The van der Waals surface area contributed by atoms with Gasteiger partial charge in [-0.25, -0.2) is 4.39 Å². The van der Waals surface area contributed by atoms with Crippen molar-refractivity contribution in [2.45, 2.75) is 13.0 Å². The fourth-order valence-electron chi connectivity index (χ4n) is 1.95. The van der Waals surface area contributed by atoms with E-state index in [9.17, 15) is 14.0 Å². The van der Waals surface area contributed by atoms with E-state index in [1.165, 1.54) is 19.2 Å². The van der Waals surface area contributed by atoms with Crippen LogP contribution in [0.2, 0.25) is 5.02 Å². The number of rotatable bonds is 5. The van der Waals surface area contributed by atoms with Gasteiger partial charge < -0.3 is 15.4 Å². The SMILES string of the molecule is CO[C@@H](CNC(=O)C(=O)Nc1ccc(F)c(Cl)c1)c1ccc(C)s1. The van der Waals surface area contributed by atoms with E-state index in [-0.39, 0.29) is 23.4 Å². The minimum atomic E-state index is -0.866. The van der Waals surface area contributed by atoms with E-state index in [1.807, 2.05) is 19.1 Å². The predicted octanol–water partition coefficient (Wildman–Crippen LogP) is 3.29. The van der Waals surface area contributed by atoms with Crippen molar-refractivity contribution in [3.63, 3.8) is 0 Å².